The molecule has 3 rings (SSSR count). The van der Waals surface area contributed by atoms with Gasteiger partial charge in [0.2, 0.25) is 0 Å². The highest BCUT2D eigenvalue weighted by Crippen LogP contribution is 2.20. The van der Waals surface area contributed by atoms with E-state index in [1.165, 1.54) is 0 Å². The van der Waals surface area contributed by atoms with E-state index in [0.29, 0.717) is 0 Å². The summed E-state index contributed by atoms with van der Waals surface area (Å²) in [7, 11) is 0. The van der Waals surface area contributed by atoms with E-state index in [-0.39, 0.29) is 5.92 Å². The summed E-state index contributed by atoms with van der Waals surface area (Å²) in [5.41, 5.74) is 2.02. The number of benzene rings is 1. The fourth-order valence-corrected chi connectivity index (χ4v) is 1.70. The summed E-state index contributed by atoms with van der Waals surface area (Å²) < 4.78 is 0. The van der Waals surface area contributed by atoms with Crippen molar-refractivity contribution in [2.45, 2.75) is 13.8 Å². The molecule has 0 amide bonds. The Morgan fingerprint density at radius 1 is 1.00 bits per heavy atom. The molecule has 0 fully saturated rings. The van der Waals surface area contributed by atoms with Crippen molar-refractivity contribution in [1.29, 1.82) is 0 Å². The highest BCUT2D eigenvalue weighted by atomic mass is 16.1. The van der Waals surface area contributed by atoms with E-state index in [0.717, 1.165) is 28.1 Å². The highest BCUT2D eigenvalue weighted by molar-refractivity contribution is 6.03. The van der Waals surface area contributed by atoms with Crippen molar-refractivity contribution >= 4 is 28.1 Å². The van der Waals surface area contributed by atoms with E-state index >= 15 is 0 Å². The van der Waals surface area contributed by atoms with Gasteiger partial charge in [0.05, 0.1) is 11.0 Å². The lowest BCUT2D eigenvalue weighted by Crippen LogP contribution is -1.82. The second-order valence-electron chi connectivity index (χ2n) is 4.59. The molecule has 1 aromatic carbocycles. The second kappa shape index (κ2) is 6.05. The maximum Gasteiger partial charge on any atom is 0.122 e. The minimum absolute atomic E-state index is 0.204. The third kappa shape index (κ3) is 3.13. The molecule has 0 bridgehead atoms. The monoisotopic (exact) mass is 252 g/mol. The molecule has 0 unspecified atom stereocenters. The van der Waals surface area contributed by atoms with Crippen molar-refractivity contribution < 1.29 is 4.79 Å². The van der Waals surface area contributed by atoms with Crippen LogP contribution >= 0.6 is 0 Å². The van der Waals surface area contributed by atoms with Crippen LogP contribution in [0.3, 0.4) is 0 Å². The Hall–Kier alpha value is -2.29. The average Bonchev–Trinajstić information content (AvgIpc) is 2.48. The van der Waals surface area contributed by atoms with E-state index in [4.69, 9.17) is 0 Å². The molecule has 3 aromatic rings. The third-order valence-electron chi connectivity index (χ3n) is 2.63. The normalized spacial score (nSPS) is 10.3. The summed E-state index contributed by atoms with van der Waals surface area (Å²) in [4.78, 5) is 18.2. The Morgan fingerprint density at radius 2 is 1.68 bits per heavy atom. The van der Waals surface area contributed by atoms with Gasteiger partial charge in [0.1, 0.15) is 6.29 Å². The number of fused-ring (bicyclic) bond motifs is 3. The fraction of sp³-hybridized carbons (Fsp3) is 0.188. The molecule has 0 saturated carbocycles. The molecule has 0 N–H and O–H groups in total. The lowest BCUT2D eigenvalue weighted by atomic mass is 10.1. The maximum atomic E-state index is 9.50. The van der Waals surface area contributed by atoms with Crippen molar-refractivity contribution in [3.63, 3.8) is 0 Å². The first kappa shape index (κ1) is 13.1. The number of pyridine rings is 2. The zero-order valence-electron chi connectivity index (χ0n) is 11.1. The molecule has 0 aliphatic rings. The average molecular weight is 252 g/mol. The standard InChI is InChI=1S/C12H8N2.C4H8O/c1-3-9-5-6-11-10(4-2-7-13-11)12(9)14-8-1;1-4(2)3-5/h1-8H;3-4H,1-2H3. The van der Waals surface area contributed by atoms with Gasteiger partial charge < -0.3 is 4.79 Å². The van der Waals surface area contributed by atoms with Gasteiger partial charge >= 0.3 is 0 Å². The van der Waals surface area contributed by atoms with Crippen LogP contribution in [0.5, 0.6) is 0 Å². The molecular formula is C16H16N2O. The van der Waals surface area contributed by atoms with Gasteiger partial charge in [-0.1, -0.05) is 26.0 Å². The van der Waals surface area contributed by atoms with Gasteiger partial charge in [0.15, 0.2) is 0 Å². The van der Waals surface area contributed by atoms with Crippen LogP contribution in [0.25, 0.3) is 21.8 Å². The van der Waals surface area contributed by atoms with E-state index in [1.54, 1.807) is 6.20 Å². The SMILES string of the molecule is CC(C)C=O.c1cnc2c(c1)ccc1ncccc12. The molecule has 0 aliphatic heterocycles. The van der Waals surface area contributed by atoms with Crippen molar-refractivity contribution in [2.24, 2.45) is 5.92 Å². The Balaban J connectivity index is 0.000000232. The van der Waals surface area contributed by atoms with E-state index in [1.807, 2.05) is 38.2 Å². The molecule has 0 saturated heterocycles. The van der Waals surface area contributed by atoms with Crippen LogP contribution in [0.4, 0.5) is 0 Å². The number of aromatic nitrogens is 2. The van der Waals surface area contributed by atoms with Gasteiger partial charge in [-0.3, -0.25) is 9.97 Å². The van der Waals surface area contributed by atoms with E-state index in [2.05, 4.69) is 28.2 Å². The van der Waals surface area contributed by atoms with Crippen LogP contribution in [-0.2, 0) is 4.79 Å². The highest BCUT2D eigenvalue weighted by Gasteiger charge is 1.99. The predicted octanol–water partition coefficient (Wildman–Crippen LogP) is 3.62. The molecule has 0 radical (unpaired) electrons. The number of hydrogen-bond donors (Lipinski definition) is 0. The molecule has 0 spiro atoms. The Kier molecular flexibility index (Phi) is 4.18. The van der Waals surface area contributed by atoms with Crippen LogP contribution < -0.4 is 0 Å². The number of carbonyl (C=O) groups is 1. The summed E-state index contributed by atoms with van der Waals surface area (Å²) >= 11 is 0. The largest absolute Gasteiger partial charge is 0.303 e. The lowest BCUT2D eigenvalue weighted by Gasteiger charge is -2.00. The van der Waals surface area contributed by atoms with Gasteiger partial charge in [0, 0.05) is 29.1 Å². The van der Waals surface area contributed by atoms with Crippen LogP contribution in [0.15, 0.2) is 48.8 Å². The molecular weight excluding hydrogens is 236 g/mol. The minimum atomic E-state index is 0.204. The minimum Gasteiger partial charge on any atom is -0.303 e. The summed E-state index contributed by atoms with van der Waals surface area (Å²) in [6, 6.07) is 12.1. The van der Waals surface area contributed by atoms with Crippen LogP contribution in [0.1, 0.15) is 13.8 Å². The Labute approximate surface area is 112 Å². The third-order valence-corrected chi connectivity index (χ3v) is 2.63. The number of carbonyl (C=O) groups excluding carboxylic acids is 1. The quantitative estimate of drug-likeness (QED) is 0.490. The molecule has 19 heavy (non-hydrogen) atoms. The van der Waals surface area contributed by atoms with Crippen molar-refractivity contribution in [2.75, 3.05) is 0 Å². The molecule has 96 valence electrons. The lowest BCUT2D eigenvalue weighted by molar-refractivity contribution is -0.110. The van der Waals surface area contributed by atoms with E-state index < -0.39 is 0 Å². The van der Waals surface area contributed by atoms with Gasteiger partial charge in [0.25, 0.3) is 0 Å². The van der Waals surface area contributed by atoms with Crippen molar-refractivity contribution in [3.8, 4) is 0 Å². The number of hydrogen-bond acceptors (Lipinski definition) is 3. The molecule has 0 aliphatic carbocycles. The molecule has 0 atom stereocenters. The summed E-state index contributed by atoms with van der Waals surface area (Å²) in [6.45, 7) is 3.71. The summed E-state index contributed by atoms with van der Waals surface area (Å²) in [5, 5.41) is 2.28. The van der Waals surface area contributed by atoms with Gasteiger partial charge in [-0.2, -0.15) is 0 Å². The van der Waals surface area contributed by atoms with Gasteiger partial charge in [-0.15, -0.1) is 0 Å². The first-order chi connectivity index (χ1) is 9.22. The Morgan fingerprint density at radius 3 is 2.42 bits per heavy atom. The number of rotatable bonds is 1. The van der Waals surface area contributed by atoms with Gasteiger partial charge in [-0.05, 0) is 24.3 Å². The van der Waals surface area contributed by atoms with Crippen molar-refractivity contribution in [1.82, 2.24) is 9.97 Å². The van der Waals surface area contributed by atoms with Crippen LogP contribution in [0, 0.1) is 5.92 Å². The Bertz CT molecular complexity index is 637. The topological polar surface area (TPSA) is 42.9 Å². The first-order valence-corrected chi connectivity index (χ1v) is 6.26. The first-order valence-electron chi connectivity index (χ1n) is 6.26. The molecule has 3 heteroatoms. The summed E-state index contributed by atoms with van der Waals surface area (Å²) in [6.07, 6.45) is 4.53. The predicted molar refractivity (Wildman–Crippen MR) is 77.9 cm³/mol. The molecule has 2 heterocycles. The number of nitrogens with zero attached hydrogens (tertiary/aromatic N) is 2. The maximum absolute atomic E-state index is 9.50. The van der Waals surface area contributed by atoms with Gasteiger partial charge in [-0.25, -0.2) is 0 Å². The van der Waals surface area contributed by atoms with E-state index in [9.17, 15) is 4.79 Å². The zero-order valence-corrected chi connectivity index (χ0v) is 11.1. The second-order valence-corrected chi connectivity index (χ2v) is 4.59. The fourth-order valence-electron chi connectivity index (χ4n) is 1.70. The van der Waals surface area contributed by atoms with Crippen molar-refractivity contribution in [3.05, 3.63) is 48.8 Å². The molecule has 3 nitrogen and oxygen atoms in total. The smallest absolute Gasteiger partial charge is 0.122 e. The van der Waals surface area contributed by atoms with Crippen LogP contribution in [-0.4, -0.2) is 16.3 Å². The van der Waals surface area contributed by atoms with Crippen LogP contribution in [0.2, 0.25) is 0 Å². The zero-order chi connectivity index (χ0) is 13.7. The number of aldehydes is 1. The molecule has 2 aromatic heterocycles. The summed E-state index contributed by atoms with van der Waals surface area (Å²) in [5.74, 6) is 0.204.